The predicted molar refractivity (Wildman–Crippen MR) is 120 cm³/mol. The molecule has 1 aliphatic heterocycles. The van der Waals surface area contributed by atoms with Crippen LogP contribution in [0.1, 0.15) is 30.5 Å². The number of guanidine groups is 1. The summed E-state index contributed by atoms with van der Waals surface area (Å²) in [4.78, 5) is 8.44. The summed E-state index contributed by atoms with van der Waals surface area (Å²) in [6.45, 7) is 6.15. The number of likely N-dealkylation sites (tertiary alicyclic amines) is 1. The molecule has 150 valence electrons. The van der Waals surface area contributed by atoms with E-state index in [9.17, 15) is 5.11 Å². The lowest BCUT2D eigenvalue weighted by Crippen LogP contribution is -2.47. The van der Waals surface area contributed by atoms with E-state index >= 15 is 0 Å². The first-order valence-corrected chi connectivity index (χ1v) is 10.2. The third kappa shape index (κ3) is 6.72. The Labute approximate surface area is 181 Å². The fourth-order valence-corrected chi connectivity index (χ4v) is 3.80. The first-order chi connectivity index (χ1) is 12.8. The molecule has 0 saturated carbocycles. The fourth-order valence-electron chi connectivity index (χ4n) is 3.10. The Bertz CT molecular complexity index is 682. The smallest absolute Gasteiger partial charge is 0.193 e. The number of aryl methyl sites for hydroxylation is 1. The van der Waals surface area contributed by atoms with Crippen LogP contribution in [-0.2, 0) is 19.4 Å². The molecule has 2 aromatic rings. The molecule has 3 heterocycles. The number of nitrogens with zero attached hydrogens (tertiary/aromatic N) is 5. The molecule has 9 heteroatoms. The molecular weight excluding hydrogens is 475 g/mol. The molecule has 2 aromatic heterocycles. The lowest BCUT2D eigenvalue weighted by atomic mass is 10.1. The zero-order chi connectivity index (χ0) is 18.2. The third-order valence-corrected chi connectivity index (χ3v) is 5.55. The van der Waals surface area contributed by atoms with Crippen molar-refractivity contribution in [3.05, 3.63) is 34.5 Å². The topological polar surface area (TPSA) is 78.6 Å². The summed E-state index contributed by atoms with van der Waals surface area (Å²) in [6, 6.07) is 4.24. The molecule has 1 saturated heterocycles. The maximum absolute atomic E-state index is 9.77. The molecule has 3 rings (SSSR count). The van der Waals surface area contributed by atoms with E-state index in [0.29, 0.717) is 0 Å². The molecule has 0 unspecified atom stereocenters. The number of aliphatic imine (C=N–C) groups is 1. The Kier molecular flexibility index (Phi) is 9.49. The number of rotatable bonds is 7. The number of nitrogens with one attached hydrogen (secondary N) is 1. The first kappa shape index (κ1) is 22.1. The second-order valence-electron chi connectivity index (χ2n) is 6.47. The van der Waals surface area contributed by atoms with Crippen LogP contribution in [-0.4, -0.2) is 63.0 Å². The summed E-state index contributed by atoms with van der Waals surface area (Å²) < 4.78 is 2.08. The molecule has 27 heavy (non-hydrogen) atoms. The molecule has 1 aliphatic rings. The van der Waals surface area contributed by atoms with Gasteiger partial charge in [-0.2, -0.15) is 0 Å². The summed E-state index contributed by atoms with van der Waals surface area (Å²) in [5, 5.41) is 23.5. The van der Waals surface area contributed by atoms with Crippen molar-refractivity contribution >= 4 is 41.3 Å². The lowest BCUT2D eigenvalue weighted by molar-refractivity contribution is 0.108. The number of halogens is 1. The highest BCUT2D eigenvalue weighted by atomic mass is 127. The largest absolute Gasteiger partial charge is 0.393 e. The number of aromatic nitrogens is 3. The summed E-state index contributed by atoms with van der Waals surface area (Å²) in [5.41, 5.74) is 0. The molecular formula is C18H29IN6OS. The van der Waals surface area contributed by atoms with Crippen molar-refractivity contribution in [3.8, 4) is 0 Å². The lowest BCUT2D eigenvalue weighted by Gasteiger charge is -2.32. The van der Waals surface area contributed by atoms with Gasteiger partial charge in [0.05, 0.1) is 6.10 Å². The number of hydrogen-bond acceptors (Lipinski definition) is 5. The maximum atomic E-state index is 9.77. The van der Waals surface area contributed by atoms with Gasteiger partial charge in [-0.15, -0.1) is 45.5 Å². The molecule has 0 aliphatic carbocycles. The molecule has 2 N–H and O–H groups in total. The Balaban J connectivity index is 0.00000261. The summed E-state index contributed by atoms with van der Waals surface area (Å²) in [6.07, 6.45) is 5.05. The van der Waals surface area contributed by atoms with Crippen molar-refractivity contribution in [2.45, 2.75) is 45.3 Å². The normalized spacial score (nSPS) is 15.6. The van der Waals surface area contributed by atoms with Crippen LogP contribution in [0.4, 0.5) is 0 Å². The quantitative estimate of drug-likeness (QED) is 0.344. The van der Waals surface area contributed by atoms with Gasteiger partial charge in [-0.1, -0.05) is 13.0 Å². The SMILES string of the molecule is CCc1nncn1CCNC(=NCCc1cccs1)N1CCC(O)CC1.I. The number of aliphatic hydroxyl groups excluding tert-OH is 1. The molecule has 0 spiro atoms. The van der Waals surface area contributed by atoms with Crippen molar-refractivity contribution in [2.75, 3.05) is 26.2 Å². The minimum absolute atomic E-state index is 0. The monoisotopic (exact) mass is 504 g/mol. The second kappa shape index (κ2) is 11.6. The van der Waals surface area contributed by atoms with E-state index < -0.39 is 0 Å². The zero-order valence-electron chi connectivity index (χ0n) is 15.8. The highest BCUT2D eigenvalue weighted by molar-refractivity contribution is 14.0. The second-order valence-corrected chi connectivity index (χ2v) is 7.51. The average Bonchev–Trinajstić information content (AvgIpc) is 3.32. The Hall–Kier alpha value is -1.20. The van der Waals surface area contributed by atoms with Gasteiger partial charge in [0.2, 0.25) is 0 Å². The molecule has 0 radical (unpaired) electrons. The minimum Gasteiger partial charge on any atom is -0.393 e. The molecule has 0 bridgehead atoms. The van der Waals surface area contributed by atoms with Gasteiger partial charge in [0, 0.05) is 50.4 Å². The molecule has 7 nitrogen and oxygen atoms in total. The first-order valence-electron chi connectivity index (χ1n) is 9.36. The Morgan fingerprint density at radius 3 is 2.93 bits per heavy atom. The summed E-state index contributed by atoms with van der Waals surface area (Å²) >= 11 is 1.78. The highest BCUT2D eigenvalue weighted by Crippen LogP contribution is 2.11. The number of hydrogen-bond donors (Lipinski definition) is 2. The van der Waals surface area contributed by atoms with Gasteiger partial charge >= 0.3 is 0 Å². The van der Waals surface area contributed by atoms with Crippen molar-refractivity contribution < 1.29 is 5.11 Å². The Morgan fingerprint density at radius 1 is 1.41 bits per heavy atom. The van der Waals surface area contributed by atoms with E-state index in [1.807, 2.05) is 0 Å². The number of aliphatic hydroxyl groups is 1. The van der Waals surface area contributed by atoms with Crippen LogP contribution in [0.3, 0.4) is 0 Å². The summed E-state index contributed by atoms with van der Waals surface area (Å²) in [7, 11) is 0. The van der Waals surface area contributed by atoms with E-state index in [1.54, 1.807) is 17.7 Å². The van der Waals surface area contributed by atoms with Gasteiger partial charge < -0.3 is 19.9 Å². The van der Waals surface area contributed by atoms with Crippen molar-refractivity contribution in [1.82, 2.24) is 25.0 Å². The van der Waals surface area contributed by atoms with E-state index in [0.717, 1.165) is 70.2 Å². The molecule has 0 amide bonds. The molecule has 1 fully saturated rings. The van der Waals surface area contributed by atoms with Gasteiger partial charge in [-0.3, -0.25) is 4.99 Å². The van der Waals surface area contributed by atoms with Crippen LogP contribution in [0.5, 0.6) is 0 Å². The number of piperidine rings is 1. The van der Waals surface area contributed by atoms with Crippen LogP contribution >= 0.6 is 35.3 Å². The highest BCUT2D eigenvalue weighted by Gasteiger charge is 2.19. The van der Waals surface area contributed by atoms with Crippen LogP contribution in [0.2, 0.25) is 0 Å². The Morgan fingerprint density at radius 2 is 2.22 bits per heavy atom. The maximum Gasteiger partial charge on any atom is 0.193 e. The van der Waals surface area contributed by atoms with E-state index in [-0.39, 0.29) is 30.1 Å². The van der Waals surface area contributed by atoms with Crippen molar-refractivity contribution in [1.29, 1.82) is 0 Å². The van der Waals surface area contributed by atoms with Gasteiger partial charge in [-0.25, -0.2) is 0 Å². The van der Waals surface area contributed by atoms with Crippen LogP contribution in [0.15, 0.2) is 28.8 Å². The van der Waals surface area contributed by atoms with Crippen LogP contribution in [0.25, 0.3) is 0 Å². The van der Waals surface area contributed by atoms with Crippen molar-refractivity contribution in [3.63, 3.8) is 0 Å². The van der Waals surface area contributed by atoms with E-state index in [1.165, 1.54) is 4.88 Å². The van der Waals surface area contributed by atoms with Gasteiger partial charge in [0.25, 0.3) is 0 Å². The fraction of sp³-hybridized carbons (Fsp3) is 0.611. The zero-order valence-corrected chi connectivity index (χ0v) is 18.9. The van der Waals surface area contributed by atoms with E-state index in [4.69, 9.17) is 4.99 Å². The standard InChI is InChI=1S/C18H28N6OS.HI/c1-2-17-22-21-14-24(17)12-9-20-18(23-10-6-15(25)7-11-23)19-8-5-16-4-3-13-26-16;/h3-4,13-15,25H,2,5-12H2,1H3,(H,19,20);1H. The minimum atomic E-state index is -0.178. The number of thiophene rings is 1. The molecule has 0 atom stereocenters. The van der Waals surface area contributed by atoms with Gasteiger partial charge in [0.1, 0.15) is 12.2 Å². The van der Waals surface area contributed by atoms with Crippen LogP contribution < -0.4 is 5.32 Å². The molecule has 0 aromatic carbocycles. The summed E-state index contributed by atoms with van der Waals surface area (Å²) in [5.74, 6) is 1.95. The van der Waals surface area contributed by atoms with Crippen molar-refractivity contribution in [2.24, 2.45) is 4.99 Å². The average molecular weight is 504 g/mol. The predicted octanol–water partition coefficient (Wildman–Crippen LogP) is 2.17. The van der Waals surface area contributed by atoms with Crippen LogP contribution in [0, 0.1) is 0 Å². The van der Waals surface area contributed by atoms with E-state index in [2.05, 4.69) is 49.4 Å². The van der Waals surface area contributed by atoms with Gasteiger partial charge in [0.15, 0.2) is 5.96 Å². The third-order valence-electron chi connectivity index (χ3n) is 4.61. The van der Waals surface area contributed by atoms with Gasteiger partial charge in [-0.05, 0) is 24.3 Å².